The van der Waals surface area contributed by atoms with Crippen LogP contribution in [0, 0.1) is 6.92 Å². The van der Waals surface area contributed by atoms with Crippen LogP contribution in [0.2, 0.25) is 5.02 Å². The van der Waals surface area contributed by atoms with E-state index in [9.17, 15) is 9.59 Å². The van der Waals surface area contributed by atoms with E-state index in [2.05, 4.69) is 5.32 Å². The smallest absolute Gasteiger partial charge is 0.271 e. The third kappa shape index (κ3) is 4.24. The topological polar surface area (TPSA) is 67.5 Å². The van der Waals surface area contributed by atoms with E-state index in [1.165, 1.54) is 19.3 Å². The highest BCUT2D eigenvalue weighted by Crippen LogP contribution is 2.35. The molecule has 1 atom stereocenters. The van der Waals surface area contributed by atoms with Crippen LogP contribution >= 0.6 is 11.6 Å². The number of fused-ring (bicyclic) bond motifs is 3. The van der Waals surface area contributed by atoms with Gasteiger partial charge in [0.2, 0.25) is 5.91 Å². The van der Waals surface area contributed by atoms with Crippen molar-refractivity contribution in [2.24, 2.45) is 0 Å². The highest BCUT2D eigenvalue weighted by molar-refractivity contribution is 6.30. The molecule has 180 valence electrons. The largest absolute Gasteiger partial charge is 0.460 e. The molecule has 0 radical (unpaired) electrons. The zero-order valence-electron chi connectivity index (χ0n) is 19.9. The summed E-state index contributed by atoms with van der Waals surface area (Å²) in [7, 11) is 0. The number of aromatic nitrogens is 1. The summed E-state index contributed by atoms with van der Waals surface area (Å²) in [6, 6.07) is 11.3. The first-order chi connectivity index (χ1) is 16.3. The van der Waals surface area contributed by atoms with Gasteiger partial charge < -0.3 is 19.2 Å². The zero-order valence-corrected chi connectivity index (χ0v) is 20.7. The Kier molecular flexibility index (Phi) is 6.19. The standard InChI is InChI=1S/C27H32ClN3O3/c1-18-14-22-24(34-18)15-23-25(32)31(16-19-10-12-20(28)13-11-19)27(2,17-30(22)23)26(33)29-21-8-6-4-3-5-7-9-21/h10-15,21H,3-9,16-17H2,1-2H3,(H,29,33). The molecule has 1 aliphatic heterocycles. The fourth-order valence-corrected chi connectivity index (χ4v) is 5.55. The normalized spacial score (nSPS) is 21.9. The van der Waals surface area contributed by atoms with E-state index in [0.717, 1.165) is 42.5 Å². The lowest BCUT2D eigenvalue weighted by Gasteiger charge is -2.44. The molecule has 2 aliphatic rings. The Hall–Kier alpha value is -2.73. The number of carbonyl (C=O) groups is 2. The van der Waals surface area contributed by atoms with Crippen LogP contribution in [-0.4, -0.2) is 32.9 Å². The van der Waals surface area contributed by atoms with Crippen LogP contribution in [0.1, 0.15) is 73.7 Å². The SMILES string of the molecule is Cc1cc2c(cc3n2CC(C)(C(=O)NC2CCCCCCC2)N(Cc2ccc(Cl)cc2)C3=O)o1. The molecule has 1 aromatic carbocycles. The summed E-state index contributed by atoms with van der Waals surface area (Å²) in [6.07, 6.45) is 7.96. The van der Waals surface area contributed by atoms with Crippen LogP contribution in [0.15, 0.2) is 40.8 Å². The lowest BCUT2D eigenvalue weighted by molar-refractivity contribution is -0.134. The fourth-order valence-electron chi connectivity index (χ4n) is 5.42. The summed E-state index contributed by atoms with van der Waals surface area (Å²) in [5.74, 6) is 0.533. The number of benzene rings is 1. The van der Waals surface area contributed by atoms with Crippen molar-refractivity contribution in [2.45, 2.75) is 83.5 Å². The van der Waals surface area contributed by atoms with Crippen LogP contribution in [0.5, 0.6) is 0 Å². The maximum absolute atomic E-state index is 13.9. The van der Waals surface area contributed by atoms with Crippen molar-refractivity contribution in [3.8, 4) is 0 Å². The van der Waals surface area contributed by atoms with Crippen molar-refractivity contribution in [1.82, 2.24) is 14.8 Å². The van der Waals surface area contributed by atoms with Crippen LogP contribution < -0.4 is 5.32 Å². The lowest BCUT2D eigenvalue weighted by Crippen LogP contribution is -2.64. The molecule has 1 unspecified atom stereocenters. The number of hydrogen-bond acceptors (Lipinski definition) is 3. The van der Waals surface area contributed by atoms with Crippen molar-refractivity contribution in [3.63, 3.8) is 0 Å². The molecule has 3 aromatic rings. The molecule has 0 bridgehead atoms. The zero-order chi connectivity index (χ0) is 23.9. The second-order valence-electron chi connectivity index (χ2n) is 10.0. The third-order valence-electron chi connectivity index (χ3n) is 7.42. The predicted octanol–water partition coefficient (Wildman–Crippen LogP) is 5.84. The van der Waals surface area contributed by atoms with Gasteiger partial charge in [0.25, 0.3) is 5.91 Å². The van der Waals surface area contributed by atoms with Gasteiger partial charge in [0.1, 0.15) is 17.0 Å². The average molecular weight is 482 g/mol. The molecule has 1 N–H and O–H groups in total. The van der Waals surface area contributed by atoms with Gasteiger partial charge in [0.05, 0.1) is 12.1 Å². The third-order valence-corrected chi connectivity index (χ3v) is 7.67. The number of carbonyl (C=O) groups excluding carboxylic acids is 2. The Labute approximate surface area is 205 Å². The van der Waals surface area contributed by atoms with E-state index in [4.69, 9.17) is 16.0 Å². The molecule has 3 heterocycles. The first kappa shape index (κ1) is 23.0. The van der Waals surface area contributed by atoms with Crippen molar-refractivity contribution in [2.75, 3.05) is 0 Å². The van der Waals surface area contributed by atoms with Gasteiger partial charge in [-0.15, -0.1) is 0 Å². The second-order valence-corrected chi connectivity index (χ2v) is 10.5. The molecule has 1 aliphatic carbocycles. The minimum atomic E-state index is -1.04. The Morgan fingerprint density at radius 3 is 2.50 bits per heavy atom. The Balaban J connectivity index is 1.50. The van der Waals surface area contributed by atoms with Crippen molar-refractivity contribution < 1.29 is 14.0 Å². The van der Waals surface area contributed by atoms with E-state index < -0.39 is 5.54 Å². The molecule has 34 heavy (non-hydrogen) atoms. The summed E-state index contributed by atoms with van der Waals surface area (Å²) >= 11 is 6.08. The van der Waals surface area contributed by atoms with E-state index >= 15 is 0 Å². The molecule has 2 amide bonds. The van der Waals surface area contributed by atoms with Gasteiger partial charge in [0, 0.05) is 29.7 Å². The predicted molar refractivity (Wildman–Crippen MR) is 133 cm³/mol. The molecular formula is C27H32ClN3O3. The summed E-state index contributed by atoms with van der Waals surface area (Å²) < 4.78 is 7.75. The van der Waals surface area contributed by atoms with Gasteiger partial charge in [0.15, 0.2) is 5.58 Å². The average Bonchev–Trinajstić information content (AvgIpc) is 3.31. The van der Waals surface area contributed by atoms with Crippen LogP contribution in [-0.2, 0) is 17.9 Å². The van der Waals surface area contributed by atoms with Crippen LogP contribution in [0.3, 0.4) is 0 Å². The van der Waals surface area contributed by atoms with E-state index in [1.807, 2.05) is 48.7 Å². The van der Waals surface area contributed by atoms with Crippen LogP contribution in [0.25, 0.3) is 11.1 Å². The highest BCUT2D eigenvalue weighted by Gasteiger charge is 2.48. The molecular weight excluding hydrogens is 450 g/mol. The van der Waals surface area contributed by atoms with Crippen molar-refractivity contribution in [1.29, 1.82) is 0 Å². The lowest BCUT2D eigenvalue weighted by atomic mass is 9.91. The minimum Gasteiger partial charge on any atom is -0.460 e. The number of furan rings is 1. The molecule has 1 saturated carbocycles. The summed E-state index contributed by atoms with van der Waals surface area (Å²) in [5, 5.41) is 3.97. The molecule has 0 saturated heterocycles. The number of amides is 2. The first-order valence-corrected chi connectivity index (χ1v) is 12.7. The minimum absolute atomic E-state index is 0.0897. The Morgan fingerprint density at radius 2 is 1.79 bits per heavy atom. The van der Waals surface area contributed by atoms with E-state index in [1.54, 1.807) is 11.0 Å². The first-order valence-electron chi connectivity index (χ1n) is 12.3. The molecule has 0 spiro atoms. The maximum atomic E-state index is 13.9. The number of hydrogen-bond donors (Lipinski definition) is 1. The Morgan fingerprint density at radius 1 is 1.12 bits per heavy atom. The highest BCUT2D eigenvalue weighted by atomic mass is 35.5. The summed E-state index contributed by atoms with van der Waals surface area (Å²) in [5.41, 5.74) is 1.98. The molecule has 1 fully saturated rings. The van der Waals surface area contributed by atoms with Crippen molar-refractivity contribution >= 4 is 34.5 Å². The fraction of sp³-hybridized carbons (Fsp3) is 0.481. The molecule has 7 heteroatoms. The van der Waals surface area contributed by atoms with Gasteiger partial charge in [-0.3, -0.25) is 9.59 Å². The maximum Gasteiger partial charge on any atom is 0.271 e. The number of nitrogens with zero attached hydrogens (tertiary/aromatic N) is 2. The molecule has 5 rings (SSSR count). The second kappa shape index (κ2) is 9.14. The van der Waals surface area contributed by atoms with E-state index in [-0.39, 0.29) is 17.9 Å². The van der Waals surface area contributed by atoms with Crippen molar-refractivity contribution in [3.05, 3.63) is 58.4 Å². The number of aryl methyl sites for hydroxylation is 1. The van der Waals surface area contributed by atoms with Gasteiger partial charge >= 0.3 is 0 Å². The van der Waals surface area contributed by atoms with Gasteiger partial charge in [-0.05, 0) is 44.4 Å². The summed E-state index contributed by atoms with van der Waals surface area (Å²) in [4.78, 5) is 29.4. The number of halogens is 1. The van der Waals surface area contributed by atoms with E-state index in [0.29, 0.717) is 29.4 Å². The number of rotatable bonds is 4. The van der Waals surface area contributed by atoms with Gasteiger partial charge in [-0.1, -0.05) is 55.8 Å². The Bertz CT molecular complexity index is 1200. The molecule has 6 nitrogen and oxygen atoms in total. The van der Waals surface area contributed by atoms with Gasteiger partial charge in [-0.2, -0.15) is 0 Å². The number of nitrogens with one attached hydrogen (secondary N) is 1. The molecule has 2 aromatic heterocycles. The monoisotopic (exact) mass is 481 g/mol. The van der Waals surface area contributed by atoms with Crippen LogP contribution in [0.4, 0.5) is 0 Å². The quantitative estimate of drug-likeness (QED) is 0.509. The van der Waals surface area contributed by atoms with Gasteiger partial charge in [-0.25, -0.2) is 0 Å². The summed E-state index contributed by atoms with van der Waals surface area (Å²) in [6.45, 7) is 4.49.